The molecule has 7 nitrogen and oxygen atoms in total. The zero-order valence-electron chi connectivity index (χ0n) is 13.8. The van der Waals surface area contributed by atoms with Crippen LogP contribution in [0.5, 0.6) is 0 Å². The number of carbonyl (C=O) groups excluding carboxylic acids is 1. The molecule has 5 rings (SSSR count). The molecule has 26 heavy (non-hydrogen) atoms. The fourth-order valence-electron chi connectivity index (χ4n) is 5.85. The minimum absolute atomic E-state index is 0.0141. The number of allylic oxidation sites excluding steroid dienone is 2. The van der Waals surface area contributed by atoms with Gasteiger partial charge in [0.2, 0.25) is 15.9 Å². The number of carboxylic acids is 1. The molecule has 1 aromatic carbocycles. The number of nitrogens with one attached hydrogen (secondary N) is 1. The molecule has 3 fully saturated rings. The summed E-state index contributed by atoms with van der Waals surface area (Å²) < 4.78 is 22.6. The molecule has 2 spiro atoms. The second kappa shape index (κ2) is 4.55. The molecule has 1 aromatic rings. The Bertz CT molecular complexity index is 979. The monoisotopic (exact) mass is 374 g/mol. The van der Waals surface area contributed by atoms with Crippen molar-refractivity contribution >= 4 is 27.6 Å². The summed E-state index contributed by atoms with van der Waals surface area (Å²) in [6.45, 7) is 0. The molecule has 3 saturated carbocycles. The minimum atomic E-state index is -3.80. The van der Waals surface area contributed by atoms with Crippen molar-refractivity contribution in [2.75, 3.05) is 5.32 Å². The van der Waals surface area contributed by atoms with Crippen molar-refractivity contribution in [2.45, 2.75) is 17.7 Å². The Morgan fingerprint density at radius 1 is 1.15 bits per heavy atom. The van der Waals surface area contributed by atoms with Crippen LogP contribution in [0.1, 0.15) is 12.8 Å². The summed E-state index contributed by atoms with van der Waals surface area (Å²) in [5.41, 5.74) is 0.490. The van der Waals surface area contributed by atoms with Crippen LogP contribution in [-0.4, -0.2) is 25.4 Å². The lowest BCUT2D eigenvalue weighted by Crippen LogP contribution is -2.40. The molecule has 136 valence electrons. The average molecular weight is 374 g/mol. The van der Waals surface area contributed by atoms with E-state index in [-0.39, 0.29) is 33.5 Å². The van der Waals surface area contributed by atoms with Gasteiger partial charge in [0.15, 0.2) is 0 Å². The predicted molar refractivity (Wildman–Crippen MR) is 91.3 cm³/mol. The number of sulfonamides is 1. The molecule has 1 amide bonds. The number of carboxylic acid groups (broad SMARTS) is 1. The van der Waals surface area contributed by atoms with E-state index in [0.29, 0.717) is 5.69 Å². The van der Waals surface area contributed by atoms with Crippen molar-refractivity contribution < 1.29 is 23.1 Å². The number of rotatable bonds is 4. The molecule has 0 radical (unpaired) electrons. The quantitative estimate of drug-likeness (QED) is 0.682. The first-order valence-electron chi connectivity index (χ1n) is 8.58. The number of nitrogens with two attached hydrogens (primary N) is 1. The van der Waals surface area contributed by atoms with E-state index in [0.717, 1.165) is 12.8 Å². The lowest BCUT2D eigenvalue weighted by atomic mass is 9.70. The van der Waals surface area contributed by atoms with Gasteiger partial charge in [0.1, 0.15) is 0 Å². The van der Waals surface area contributed by atoms with Gasteiger partial charge in [-0.3, -0.25) is 9.59 Å². The number of aliphatic carboxylic acids is 1. The Hall–Kier alpha value is -2.19. The van der Waals surface area contributed by atoms with E-state index in [2.05, 4.69) is 11.4 Å². The van der Waals surface area contributed by atoms with Crippen molar-refractivity contribution in [3.05, 3.63) is 36.4 Å². The summed E-state index contributed by atoms with van der Waals surface area (Å²) >= 11 is 0. The second-order valence-electron chi connectivity index (χ2n) is 7.90. The first-order valence-corrected chi connectivity index (χ1v) is 10.1. The second-order valence-corrected chi connectivity index (χ2v) is 9.46. The average Bonchev–Trinajstić information content (AvgIpc) is 3.41. The molecule has 5 unspecified atom stereocenters. The highest BCUT2D eigenvalue weighted by atomic mass is 32.2. The van der Waals surface area contributed by atoms with Crippen molar-refractivity contribution in [2.24, 2.45) is 39.6 Å². The fourth-order valence-corrected chi connectivity index (χ4v) is 6.37. The van der Waals surface area contributed by atoms with Crippen molar-refractivity contribution in [3.8, 4) is 0 Å². The molecule has 4 N–H and O–H groups in total. The van der Waals surface area contributed by atoms with Gasteiger partial charge in [-0.05, 0) is 54.4 Å². The van der Waals surface area contributed by atoms with Crippen LogP contribution >= 0.6 is 0 Å². The van der Waals surface area contributed by atoms with Gasteiger partial charge in [-0.1, -0.05) is 12.2 Å². The lowest BCUT2D eigenvalue weighted by Gasteiger charge is -2.34. The summed E-state index contributed by atoms with van der Waals surface area (Å²) in [5, 5.41) is 17.6. The molecular weight excluding hydrogens is 356 g/mol. The van der Waals surface area contributed by atoms with Gasteiger partial charge in [0.05, 0.1) is 16.7 Å². The van der Waals surface area contributed by atoms with Crippen LogP contribution < -0.4 is 10.5 Å². The number of anilines is 1. The fraction of sp³-hybridized carbons (Fsp3) is 0.444. The smallest absolute Gasteiger partial charge is 0.307 e. The number of hydrogen-bond donors (Lipinski definition) is 3. The highest BCUT2D eigenvalue weighted by Crippen LogP contribution is 2.94. The molecule has 0 bridgehead atoms. The third-order valence-electron chi connectivity index (χ3n) is 6.98. The maximum Gasteiger partial charge on any atom is 0.307 e. The zero-order valence-corrected chi connectivity index (χ0v) is 14.6. The Morgan fingerprint density at radius 2 is 1.81 bits per heavy atom. The normalized spacial score (nSPS) is 37.4. The van der Waals surface area contributed by atoms with Gasteiger partial charge >= 0.3 is 5.97 Å². The molecule has 8 heteroatoms. The Morgan fingerprint density at radius 3 is 2.27 bits per heavy atom. The summed E-state index contributed by atoms with van der Waals surface area (Å²) in [6.07, 6.45) is 6.23. The molecule has 0 heterocycles. The first-order chi connectivity index (χ1) is 12.2. The largest absolute Gasteiger partial charge is 0.481 e. The molecule has 0 aliphatic heterocycles. The van der Waals surface area contributed by atoms with E-state index < -0.39 is 27.8 Å². The molecule has 0 saturated heterocycles. The van der Waals surface area contributed by atoms with E-state index >= 15 is 0 Å². The van der Waals surface area contributed by atoms with Crippen LogP contribution in [0.2, 0.25) is 0 Å². The molecule has 5 atom stereocenters. The topological polar surface area (TPSA) is 127 Å². The highest BCUT2D eigenvalue weighted by molar-refractivity contribution is 7.89. The summed E-state index contributed by atoms with van der Waals surface area (Å²) in [5.74, 6) is -2.42. The van der Waals surface area contributed by atoms with Crippen LogP contribution in [0.15, 0.2) is 41.3 Å². The number of fused-ring (bicyclic) bond motifs is 1. The number of benzene rings is 1. The summed E-state index contributed by atoms with van der Waals surface area (Å²) in [7, 11) is -3.80. The van der Waals surface area contributed by atoms with Gasteiger partial charge < -0.3 is 10.4 Å². The van der Waals surface area contributed by atoms with Crippen LogP contribution in [0.4, 0.5) is 5.69 Å². The van der Waals surface area contributed by atoms with Gasteiger partial charge in [0.25, 0.3) is 0 Å². The Balaban J connectivity index is 1.39. The third kappa shape index (κ3) is 1.73. The van der Waals surface area contributed by atoms with Crippen LogP contribution in [0, 0.1) is 34.5 Å². The van der Waals surface area contributed by atoms with Crippen molar-refractivity contribution in [1.29, 1.82) is 0 Å². The van der Waals surface area contributed by atoms with Gasteiger partial charge in [-0.15, -0.1) is 0 Å². The number of amides is 1. The van der Waals surface area contributed by atoms with E-state index in [1.807, 2.05) is 6.08 Å². The summed E-state index contributed by atoms with van der Waals surface area (Å²) in [4.78, 5) is 24.7. The maximum atomic E-state index is 12.8. The standard InChI is InChI=1S/C18H18N2O5S/c19-26(24,25)10-3-1-9(2-4-10)20-15(21)12-11-5-6-18(11)14(13(12)16(22)23)17(18)7-8-17/h1-6,11-14H,7-8H2,(H,20,21)(H,22,23)(H2,19,24,25). The summed E-state index contributed by atoms with van der Waals surface area (Å²) in [6, 6.07) is 5.54. The van der Waals surface area contributed by atoms with Crippen LogP contribution in [0.3, 0.4) is 0 Å². The van der Waals surface area contributed by atoms with E-state index in [1.54, 1.807) is 0 Å². The predicted octanol–water partition coefficient (Wildman–Crippen LogP) is 1.19. The zero-order chi connectivity index (χ0) is 18.5. The Labute approximate surface area is 150 Å². The van der Waals surface area contributed by atoms with Crippen molar-refractivity contribution in [3.63, 3.8) is 0 Å². The van der Waals surface area contributed by atoms with Gasteiger partial charge in [-0.2, -0.15) is 0 Å². The minimum Gasteiger partial charge on any atom is -0.481 e. The first kappa shape index (κ1) is 16.0. The molecule has 4 aliphatic rings. The van der Waals surface area contributed by atoms with E-state index in [9.17, 15) is 23.1 Å². The SMILES string of the molecule is NS(=O)(=O)c1ccc(NC(=O)C2C(C(=O)O)C3C4(CC4)C34C=CC24)cc1. The van der Waals surface area contributed by atoms with Crippen LogP contribution in [-0.2, 0) is 19.6 Å². The van der Waals surface area contributed by atoms with Crippen molar-refractivity contribution in [1.82, 2.24) is 0 Å². The molecular formula is C18H18N2O5S. The highest BCUT2D eigenvalue weighted by Gasteiger charge is 2.92. The van der Waals surface area contributed by atoms with Gasteiger partial charge in [-0.25, -0.2) is 13.6 Å². The van der Waals surface area contributed by atoms with Gasteiger partial charge in [0, 0.05) is 11.1 Å². The third-order valence-corrected chi connectivity index (χ3v) is 7.91. The number of primary sulfonamides is 1. The number of hydrogen-bond acceptors (Lipinski definition) is 4. The maximum absolute atomic E-state index is 12.8. The Kier molecular flexibility index (Phi) is 2.81. The lowest BCUT2D eigenvalue weighted by molar-refractivity contribution is -0.147. The molecule has 4 aliphatic carbocycles. The van der Waals surface area contributed by atoms with E-state index in [1.165, 1.54) is 24.3 Å². The molecule has 0 aromatic heterocycles. The van der Waals surface area contributed by atoms with Crippen LogP contribution in [0.25, 0.3) is 0 Å². The number of carbonyl (C=O) groups is 2. The van der Waals surface area contributed by atoms with E-state index in [4.69, 9.17) is 5.14 Å².